The SMILES string of the molecule is C=CC(=C(C)C)C(C(=O)NC1CCCCC1)N(C(=O)CNC(=O)OC)C(C=C)=C(F)CC. The van der Waals surface area contributed by atoms with Gasteiger partial charge in [0.1, 0.15) is 18.4 Å². The summed E-state index contributed by atoms with van der Waals surface area (Å²) < 4.78 is 19.4. The number of carbonyl (C=O) groups excluding carboxylic acids is 3. The van der Waals surface area contributed by atoms with E-state index in [9.17, 15) is 18.8 Å². The van der Waals surface area contributed by atoms with E-state index >= 15 is 0 Å². The highest BCUT2D eigenvalue weighted by molar-refractivity contribution is 5.94. The summed E-state index contributed by atoms with van der Waals surface area (Å²) in [6.07, 6.45) is 6.75. The number of amides is 3. The number of hydrogen-bond acceptors (Lipinski definition) is 4. The number of nitrogens with zero attached hydrogens (tertiary/aromatic N) is 1. The Bertz CT molecular complexity index is 778. The third-order valence-corrected chi connectivity index (χ3v) is 5.43. The smallest absolute Gasteiger partial charge is 0.407 e. The third-order valence-electron chi connectivity index (χ3n) is 5.43. The van der Waals surface area contributed by atoms with Gasteiger partial charge in [0.15, 0.2) is 0 Å². The molecule has 7 nitrogen and oxygen atoms in total. The van der Waals surface area contributed by atoms with Gasteiger partial charge in [-0.15, -0.1) is 0 Å². The van der Waals surface area contributed by atoms with E-state index < -0.39 is 36.3 Å². The van der Waals surface area contributed by atoms with Crippen molar-refractivity contribution in [3.05, 3.63) is 48.0 Å². The second kappa shape index (κ2) is 13.5. The van der Waals surface area contributed by atoms with Crippen molar-refractivity contribution in [3.63, 3.8) is 0 Å². The molecule has 3 amide bonds. The minimum atomic E-state index is -1.17. The molecular weight excluding hydrogens is 413 g/mol. The lowest BCUT2D eigenvalue weighted by Gasteiger charge is -2.35. The lowest BCUT2D eigenvalue weighted by molar-refractivity contribution is -0.136. The molecule has 0 saturated heterocycles. The maximum atomic E-state index is 14.9. The first kappa shape index (κ1) is 27.1. The summed E-state index contributed by atoms with van der Waals surface area (Å²) in [6.45, 7) is 12.2. The molecule has 1 rings (SSSR count). The first-order valence-corrected chi connectivity index (χ1v) is 11.0. The van der Waals surface area contributed by atoms with Crippen molar-refractivity contribution in [3.8, 4) is 0 Å². The summed E-state index contributed by atoms with van der Waals surface area (Å²) in [6, 6.07) is -1.18. The monoisotopic (exact) mass is 449 g/mol. The van der Waals surface area contributed by atoms with E-state index in [1.807, 2.05) is 0 Å². The highest BCUT2D eigenvalue weighted by atomic mass is 19.1. The van der Waals surface area contributed by atoms with Gasteiger partial charge in [-0.2, -0.15) is 0 Å². The van der Waals surface area contributed by atoms with Crippen molar-refractivity contribution < 1.29 is 23.5 Å². The van der Waals surface area contributed by atoms with Gasteiger partial charge in [0, 0.05) is 6.04 Å². The summed E-state index contributed by atoms with van der Waals surface area (Å²) >= 11 is 0. The summed E-state index contributed by atoms with van der Waals surface area (Å²) in [4.78, 5) is 39.3. The number of hydrogen-bond donors (Lipinski definition) is 2. The zero-order valence-electron chi connectivity index (χ0n) is 19.6. The minimum Gasteiger partial charge on any atom is -0.453 e. The van der Waals surface area contributed by atoms with Crippen LogP contribution in [-0.4, -0.2) is 48.5 Å². The molecule has 0 heterocycles. The molecule has 1 atom stereocenters. The van der Waals surface area contributed by atoms with Crippen molar-refractivity contribution in [1.82, 2.24) is 15.5 Å². The molecule has 0 aliphatic heterocycles. The Kier molecular flexibility index (Phi) is 11.4. The van der Waals surface area contributed by atoms with Gasteiger partial charge < -0.3 is 15.4 Å². The average Bonchev–Trinajstić information content (AvgIpc) is 2.79. The topological polar surface area (TPSA) is 87.7 Å². The van der Waals surface area contributed by atoms with Crippen LogP contribution in [0.4, 0.5) is 9.18 Å². The molecule has 8 heteroatoms. The molecule has 1 unspecified atom stereocenters. The highest BCUT2D eigenvalue weighted by Crippen LogP contribution is 2.26. The predicted octanol–water partition coefficient (Wildman–Crippen LogP) is 4.29. The zero-order valence-corrected chi connectivity index (χ0v) is 19.6. The molecule has 178 valence electrons. The molecular formula is C24H36FN3O4. The van der Waals surface area contributed by atoms with E-state index in [-0.39, 0.29) is 18.2 Å². The van der Waals surface area contributed by atoms with Gasteiger partial charge in [-0.25, -0.2) is 9.18 Å². The van der Waals surface area contributed by atoms with Crippen LogP contribution in [0.25, 0.3) is 0 Å². The standard InChI is InChI=1S/C24H36FN3O4/c1-7-18(16(4)5)22(23(30)27-17-13-11-10-12-14-17)28(20(9-3)19(25)8-2)21(29)15-26-24(31)32-6/h7,9,17,22H,1,3,8,10-15H2,2,4-6H3,(H,26,31)(H,27,30). The van der Waals surface area contributed by atoms with Crippen LogP contribution in [0.3, 0.4) is 0 Å². The molecule has 1 aliphatic rings. The van der Waals surface area contributed by atoms with Crippen LogP contribution < -0.4 is 10.6 Å². The number of carbonyl (C=O) groups is 3. The Morgan fingerprint density at radius 1 is 1.16 bits per heavy atom. The van der Waals surface area contributed by atoms with Crippen molar-refractivity contribution in [2.75, 3.05) is 13.7 Å². The molecule has 0 aromatic heterocycles. The van der Waals surface area contributed by atoms with Crippen molar-refractivity contribution >= 4 is 17.9 Å². The lowest BCUT2D eigenvalue weighted by atomic mass is 9.93. The first-order chi connectivity index (χ1) is 15.2. The van der Waals surface area contributed by atoms with Crippen molar-refractivity contribution in [1.29, 1.82) is 0 Å². The Morgan fingerprint density at radius 2 is 1.78 bits per heavy atom. The van der Waals surface area contributed by atoms with Gasteiger partial charge in [0.2, 0.25) is 11.8 Å². The van der Waals surface area contributed by atoms with Crippen LogP contribution in [-0.2, 0) is 14.3 Å². The van der Waals surface area contributed by atoms with Gasteiger partial charge >= 0.3 is 6.09 Å². The van der Waals surface area contributed by atoms with Gasteiger partial charge in [-0.05, 0) is 44.8 Å². The number of alkyl carbamates (subject to hydrolysis) is 1. The molecule has 2 N–H and O–H groups in total. The molecule has 0 radical (unpaired) electrons. The normalized spacial score (nSPS) is 15.5. The number of ether oxygens (including phenoxy) is 1. The Hall–Kier alpha value is -2.90. The van der Waals surface area contributed by atoms with Crippen molar-refractivity contribution in [2.24, 2.45) is 0 Å². The fourth-order valence-electron chi connectivity index (χ4n) is 3.76. The molecule has 32 heavy (non-hydrogen) atoms. The van der Waals surface area contributed by atoms with Gasteiger partial charge in [-0.1, -0.05) is 51.0 Å². The number of methoxy groups -OCH3 is 1. The van der Waals surface area contributed by atoms with E-state index in [2.05, 4.69) is 28.5 Å². The maximum absolute atomic E-state index is 14.9. The summed E-state index contributed by atoms with van der Waals surface area (Å²) in [5.74, 6) is -1.71. The number of nitrogens with one attached hydrogen (secondary N) is 2. The molecule has 0 aromatic rings. The molecule has 0 spiro atoms. The van der Waals surface area contributed by atoms with E-state index in [4.69, 9.17) is 0 Å². The van der Waals surface area contributed by atoms with Crippen LogP contribution >= 0.6 is 0 Å². The van der Waals surface area contributed by atoms with Crippen LogP contribution in [0.1, 0.15) is 59.3 Å². The fraction of sp³-hybridized carbons (Fsp3) is 0.542. The molecule has 1 fully saturated rings. The fourth-order valence-corrected chi connectivity index (χ4v) is 3.76. The Morgan fingerprint density at radius 3 is 2.25 bits per heavy atom. The highest BCUT2D eigenvalue weighted by Gasteiger charge is 2.36. The van der Waals surface area contributed by atoms with Crippen LogP contribution in [0.15, 0.2) is 48.0 Å². The number of rotatable bonds is 10. The summed E-state index contributed by atoms with van der Waals surface area (Å²) in [5, 5.41) is 5.33. The molecule has 0 aromatic carbocycles. The van der Waals surface area contributed by atoms with Gasteiger partial charge in [0.05, 0.1) is 12.8 Å². The number of allylic oxidation sites excluding steroid dienone is 3. The van der Waals surface area contributed by atoms with Crippen LogP contribution in [0.5, 0.6) is 0 Å². The molecule has 0 bridgehead atoms. The van der Waals surface area contributed by atoms with Gasteiger partial charge in [-0.3, -0.25) is 14.5 Å². The third kappa shape index (κ3) is 7.35. The molecule has 1 saturated carbocycles. The second-order valence-electron chi connectivity index (χ2n) is 7.86. The summed E-state index contributed by atoms with van der Waals surface area (Å²) in [5.41, 5.74) is 1.12. The number of halogens is 1. The van der Waals surface area contributed by atoms with Crippen molar-refractivity contribution in [2.45, 2.75) is 71.4 Å². The zero-order chi connectivity index (χ0) is 24.3. The van der Waals surface area contributed by atoms with E-state index in [1.165, 1.54) is 19.3 Å². The predicted molar refractivity (Wildman–Crippen MR) is 123 cm³/mol. The molecule has 1 aliphatic carbocycles. The van der Waals surface area contributed by atoms with Gasteiger partial charge in [0.25, 0.3) is 0 Å². The Labute approximate surface area is 190 Å². The van der Waals surface area contributed by atoms with E-state index in [1.54, 1.807) is 20.8 Å². The lowest BCUT2D eigenvalue weighted by Crippen LogP contribution is -2.54. The van der Waals surface area contributed by atoms with Crippen LogP contribution in [0.2, 0.25) is 0 Å². The average molecular weight is 450 g/mol. The summed E-state index contributed by atoms with van der Waals surface area (Å²) in [7, 11) is 1.17. The van der Waals surface area contributed by atoms with E-state index in [0.29, 0.717) is 5.57 Å². The first-order valence-electron chi connectivity index (χ1n) is 11.0. The quantitative estimate of drug-likeness (QED) is 0.487. The largest absolute Gasteiger partial charge is 0.453 e. The minimum absolute atomic E-state index is 0.00473. The Balaban J connectivity index is 3.52. The second-order valence-corrected chi connectivity index (χ2v) is 7.86. The maximum Gasteiger partial charge on any atom is 0.407 e. The van der Waals surface area contributed by atoms with E-state index in [0.717, 1.165) is 42.6 Å². The van der Waals surface area contributed by atoms with Crippen LogP contribution in [0, 0.1) is 0 Å².